The Morgan fingerprint density at radius 2 is 2.00 bits per heavy atom. The van der Waals surface area contributed by atoms with E-state index in [-0.39, 0.29) is 18.0 Å². The van der Waals surface area contributed by atoms with Gasteiger partial charge in [0.2, 0.25) is 5.91 Å². The number of pyridine rings is 2. The lowest BCUT2D eigenvalue weighted by atomic mass is 10.1. The van der Waals surface area contributed by atoms with E-state index in [2.05, 4.69) is 49.9 Å². The molecule has 1 fully saturated rings. The third-order valence-corrected chi connectivity index (χ3v) is 5.69. The van der Waals surface area contributed by atoms with Gasteiger partial charge in [-0.25, -0.2) is 15.0 Å². The monoisotopic (exact) mass is 441 g/mol. The summed E-state index contributed by atoms with van der Waals surface area (Å²) in [6, 6.07) is 6.22. The molecule has 0 bridgehead atoms. The van der Waals surface area contributed by atoms with Crippen LogP contribution in [0.5, 0.6) is 0 Å². The Morgan fingerprint density at radius 1 is 1.18 bits per heavy atom. The molecule has 0 saturated carbocycles. The van der Waals surface area contributed by atoms with E-state index in [1.807, 2.05) is 23.5 Å². The number of fused-ring (bicyclic) bond motifs is 1. The molecule has 1 aliphatic heterocycles. The van der Waals surface area contributed by atoms with Crippen molar-refractivity contribution in [3.05, 3.63) is 48.8 Å². The standard InChI is InChI=1S/C23H23N9O/c1-14(2)29-20-5-22(32-23-17(8-28-32)4-16(6-24)7-26-23)25-9-19(20)21-12-31(13-27-21)18-10-30(11-18)15(3)33/h4-5,7-9,12-14,18H,10-11H2,1-3H3,(H,25,29). The topological polar surface area (TPSA) is 118 Å². The van der Waals surface area contributed by atoms with Crippen LogP contribution in [-0.4, -0.2) is 59.2 Å². The van der Waals surface area contributed by atoms with Crippen LogP contribution < -0.4 is 5.32 Å². The molecule has 0 radical (unpaired) electrons. The molecular formula is C23H23N9O. The van der Waals surface area contributed by atoms with E-state index in [0.717, 1.165) is 22.3 Å². The Balaban J connectivity index is 1.49. The van der Waals surface area contributed by atoms with E-state index in [1.165, 1.54) is 6.20 Å². The minimum atomic E-state index is 0.0966. The van der Waals surface area contributed by atoms with Crippen molar-refractivity contribution in [1.82, 2.24) is 34.2 Å². The van der Waals surface area contributed by atoms with Gasteiger partial charge in [0.1, 0.15) is 6.07 Å². The molecule has 1 saturated heterocycles. The largest absolute Gasteiger partial charge is 0.382 e. The third kappa shape index (κ3) is 3.78. The number of amides is 1. The minimum absolute atomic E-state index is 0.0966. The lowest BCUT2D eigenvalue weighted by Gasteiger charge is -2.39. The van der Waals surface area contributed by atoms with E-state index >= 15 is 0 Å². The Hall–Kier alpha value is -4.26. The molecule has 10 heteroatoms. The molecule has 0 unspecified atom stereocenters. The van der Waals surface area contributed by atoms with Crippen molar-refractivity contribution in [3.63, 3.8) is 0 Å². The molecule has 0 aliphatic carbocycles. The molecule has 10 nitrogen and oxygen atoms in total. The van der Waals surface area contributed by atoms with Crippen LogP contribution in [-0.2, 0) is 4.79 Å². The number of anilines is 1. The number of nitrogens with zero attached hydrogens (tertiary/aromatic N) is 8. The third-order valence-electron chi connectivity index (χ3n) is 5.69. The number of imidazole rings is 1. The zero-order chi connectivity index (χ0) is 23.1. The van der Waals surface area contributed by atoms with Crippen LogP contribution in [0.15, 0.2) is 43.2 Å². The molecule has 1 amide bonds. The normalized spacial score (nSPS) is 13.8. The molecule has 1 N–H and O–H groups in total. The van der Waals surface area contributed by atoms with Crippen molar-refractivity contribution < 1.29 is 4.79 Å². The molecule has 4 aromatic heterocycles. The average molecular weight is 441 g/mol. The smallest absolute Gasteiger partial charge is 0.219 e. The summed E-state index contributed by atoms with van der Waals surface area (Å²) in [5.74, 6) is 0.712. The number of carbonyl (C=O) groups excluding carboxylic acids is 1. The molecule has 4 aromatic rings. The summed E-state index contributed by atoms with van der Waals surface area (Å²) < 4.78 is 3.72. The highest BCUT2D eigenvalue weighted by atomic mass is 16.2. The van der Waals surface area contributed by atoms with Crippen LogP contribution in [0.2, 0.25) is 0 Å². The SMILES string of the molecule is CC(=O)N1CC(n2cnc(-c3cnc(-n4ncc5cc(C#N)cnc54)cc3NC(C)C)c2)C1. The number of likely N-dealkylation sites (tertiary alicyclic amines) is 1. The Labute approximate surface area is 190 Å². The highest BCUT2D eigenvalue weighted by molar-refractivity contribution is 5.79. The fourth-order valence-corrected chi connectivity index (χ4v) is 3.92. The summed E-state index contributed by atoms with van der Waals surface area (Å²) in [7, 11) is 0. The summed E-state index contributed by atoms with van der Waals surface area (Å²) in [5, 5.41) is 17.8. The van der Waals surface area contributed by atoms with Crippen molar-refractivity contribution in [2.45, 2.75) is 32.9 Å². The maximum absolute atomic E-state index is 11.5. The van der Waals surface area contributed by atoms with Gasteiger partial charge in [0.25, 0.3) is 0 Å². The molecule has 0 spiro atoms. The number of nitriles is 1. The number of rotatable bonds is 5. The van der Waals surface area contributed by atoms with E-state index in [9.17, 15) is 4.79 Å². The molecule has 5 rings (SSSR count). The van der Waals surface area contributed by atoms with Gasteiger partial charge in [-0.05, 0) is 19.9 Å². The van der Waals surface area contributed by atoms with E-state index in [4.69, 9.17) is 5.26 Å². The molecular weight excluding hydrogens is 418 g/mol. The summed E-state index contributed by atoms with van der Waals surface area (Å²) >= 11 is 0. The first-order valence-electron chi connectivity index (χ1n) is 10.7. The van der Waals surface area contributed by atoms with Crippen LogP contribution in [0, 0.1) is 11.3 Å². The summed E-state index contributed by atoms with van der Waals surface area (Å²) in [4.78, 5) is 26.9. The first-order valence-corrected chi connectivity index (χ1v) is 10.7. The van der Waals surface area contributed by atoms with Crippen LogP contribution in [0.3, 0.4) is 0 Å². The van der Waals surface area contributed by atoms with Gasteiger partial charge < -0.3 is 14.8 Å². The maximum atomic E-state index is 11.5. The zero-order valence-electron chi connectivity index (χ0n) is 18.6. The summed E-state index contributed by atoms with van der Waals surface area (Å²) in [5.41, 5.74) is 3.69. The van der Waals surface area contributed by atoms with E-state index < -0.39 is 0 Å². The van der Waals surface area contributed by atoms with Gasteiger partial charge in [0.05, 0.1) is 29.8 Å². The van der Waals surface area contributed by atoms with Gasteiger partial charge in [-0.2, -0.15) is 15.0 Å². The highest BCUT2D eigenvalue weighted by Gasteiger charge is 2.30. The van der Waals surface area contributed by atoms with Crippen LogP contribution in [0.4, 0.5) is 5.69 Å². The lowest BCUT2D eigenvalue weighted by molar-refractivity contribution is -0.134. The number of aromatic nitrogens is 6. The second kappa shape index (κ2) is 8.02. The van der Waals surface area contributed by atoms with Crippen molar-refractivity contribution >= 4 is 22.6 Å². The van der Waals surface area contributed by atoms with Crippen LogP contribution in [0.1, 0.15) is 32.4 Å². The van der Waals surface area contributed by atoms with Gasteiger partial charge in [-0.1, -0.05) is 0 Å². The number of hydrogen-bond acceptors (Lipinski definition) is 7. The Bertz CT molecular complexity index is 1390. The van der Waals surface area contributed by atoms with Crippen molar-refractivity contribution in [2.24, 2.45) is 0 Å². The predicted octanol–water partition coefficient (Wildman–Crippen LogP) is 2.77. The summed E-state index contributed by atoms with van der Waals surface area (Å²) in [6.07, 6.45) is 8.80. The van der Waals surface area contributed by atoms with Crippen molar-refractivity contribution in [1.29, 1.82) is 5.26 Å². The number of nitrogens with one attached hydrogen (secondary N) is 1. The van der Waals surface area contributed by atoms with E-state index in [0.29, 0.717) is 30.1 Å². The molecule has 1 aliphatic rings. The quantitative estimate of drug-likeness (QED) is 0.506. The van der Waals surface area contributed by atoms with Crippen molar-refractivity contribution in [3.8, 4) is 23.1 Å². The van der Waals surface area contributed by atoms with Gasteiger partial charge in [0.15, 0.2) is 11.5 Å². The van der Waals surface area contributed by atoms with Crippen LogP contribution >= 0.6 is 0 Å². The number of hydrogen-bond donors (Lipinski definition) is 1. The minimum Gasteiger partial charge on any atom is -0.382 e. The van der Waals surface area contributed by atoms with Gasteiger partial charge in [-0.3, -0.25) is 4.79 Å². The summed E-state index contributed by atoms with van der Waals surface area (Å²) in [6.45, 7) is 7.13. The Kier molecular flexibility index (Phi) is 5.01. The predicted molar refractivity (Wildman–Crippen MR) is 123 cm³/mol. The molecule has 0 atom stereocenters. The second-order valence-corrected chi connectivity index (χ2v) is 8.48. The lowest BCUT2D eigenvalue weighted by Crippen LogP contribution is -2.49. The molecule has 33 heavy (non-hydrogen) atoms. The van der Waals surface area contributed by atoms with Crippen molar-refractivity contribution in [2.75, 3.05) is 18.4 Å². The number of carbonyl (C=O) groups is 1. The molecule has 0 aromatic carbocycles. The zero-order valence-corrected chi connectivity index (χ0v) is 18.6. The highest BCUT2D eigenvalue weighted by Crippen LogP contribution is 2.31. The fraction of sp³-hybridized carbons (Fsp3) is 0.304. The second-order valence-electron chi connectivity index (χ2n) is 8.48. The average Bonchev–Trinajstić information content (AvgIpc) is 3.39. The Morgan fingerprint density at radius 3 is 2.73 bits per heavy atom. The fourth-order valence-electron chi connectivity index (χ4n) is 3.92. The molecule has 5 heterocycles. The maximum Gasteiger partial charge on any atom is 0.219 e. The van der Waals surface area contributed by atoms with E-state index in [1.54, 1.807) is 30.1 Å². The van der Waals surface area contributed by atoms with Gasteiger partial charge >= 0.3 is 0 Å². The first-order chi connectivity index (χ1) is 15.9. The van der Waals surface area contributed by atoms with Crippen LogP contribution in [0.25, 0.3) is 28.1 Å². The van der Waals surface area contributed by atoms with Gasteiger partial charge in [0, 0.05) is 67.3 Å². The first kappa shape index (κ1) is 20.6. The van der Waals surface area contributed by atoms with Gasteiger partial charge in [-0.15, -0.1) is 0 Å². The molecule has 166 valence electrons.